The summed E-state index contributed by atoms with van der Waals surface area (Å²) >= 11 is 0. The first-order valence-corrected chi connectivity index (χ1v) is 6.96. The molecule has 0 radical (unpaired) electrons. The Morgan fingerprint density at radius 1 is 1.33 bits per heavy atom. The lowest BCUT2D eigenvalue weighted by Crippen LogP contribution is -2.05. The van der Waals surface area contributed by atoms with Crippen LogP contribution in [0.2, 0.25) is 0 Å². The van der Waals surface area contributed by atoms with E-state index in [2.05, 4.69) is 4.98 Å². The van der Waals surface area contributed by atoms with Crippen LogP contribution in [0.15, 0.2) is 36.5 Å². The minimum absolute atomic E-state index is 0.0415. The number of aromatic hydroxyl groups is 1. The molecule has 0 atom stereocenters. The molecule has 0 unspecified atom stereocenters. The first kappa shape index (κ1) is 17.3. The molecule has 2 aromatic rings. The largest absolute Gasteiger partial charge is 0.504 e. The number of phenolic OH excluding ortho intramolecular Hbond substituents is 1. The molecule has 1 aromatic heterocycles. The summed E-state index contributed by atoms with van der Waals surface area (Å²) in [6.07, 6.45) is -2.34. The number of rotatable bonds is 4. The van der Waals surface area contributed by atoms with Gasteiger partial charge in [-0.15, -0.1) is 0 Å². The van der Waals surface area contributed by atoms with Crippen molar-refractivity contribution in [1.29, 1.82) is 5.26 Å². The number of hydrogen-bond donors (Lipinski definition) is 1. The van der Waals surface area contributed by atoms with Gasteiger partial charge >= 0.3 is 6.18 Å². The van der Waals surface area contributed by atoms with Crippen molar-refractivity contribution in [2.24, 2.45) is 0 Å². The smallest absolute Gasteiger partial charge is 0.417 e. The van der Waals surface area contributed by atoms with Crippen LogP contribution in [0.4, 0.5) is 13.2 Å². The Morgan fingerprint density at radius 2 is 2.08 bits per heavy atom. The van der Waals surface area contributed by atoms with Gasteiger partial charge in [-0.1, -0.05) is 6.07 Å². The van der Waals surface area contributed by atoms with E-state index in [1.54, 1.807) is 13.0 Å². The van der Waals surface area contributed by atoms with Crippen LogP contribution in [0.1, 0.15) is 23.7 Å². The Hall–Kier alpha value is -3.01. The van der Waals surface area contributed by atoms with Gasteiger partial charge in [-0.3, -0.25) is 4.98 Å². The van der Waals surface area contributed by atoms with Crippen molar-refractivity contribution < 1.29 is 23.0 Å². The fraction of sp³-hybridized carbons (Fsp3) is 0.176. The average molecular weight is 334 g/mol. The van der Waals surface area contributed by atoms with E-state index in [0.29, 0.717) is 18.4 Å². The van der Waals surface area contributed by atoms with E-state index in [1.165, 1.54) is 18.2 Å². The second-order valence-corrected chi connectivity index (χ2v) is 4.76. The van der Waals surface area contributed by atoms with E-state index < -0.39 is 11.7 Å². The van der Waals surface area contributed by atoms with E-state index in [4.69, 9.17) is 4.74 Å². The van der Waals surface area contributed by atoms with Crippen molar-refractivity contribution in [2.75, 3.05) is 6.61 Å². The van der Waals surface area contributed by atoms with Crippen LogP contribution >= 0.6 is 0 Å². The lowest BCUT2D eigenvalue weighted by atomic mass is 10.1. The van der Waals surface area contributed by atoms with Crippen LogP contribution in [0.3, 0.4) is 0 Å². The number of nitriles is 1. The third kappa shape index (κ3) is 4.04. The molecule has 1 heterocycles. The van der Waals surface area contributed by atoms with Gasteiger partial charge in [0, 0.05) is 6.20 Å². The molecule has 4 nitrogen and oxygen atoms in total. The zero-order valence-corrected chi connectivity index (χ0v) is 12.6. The molecule has 24 heavy (non-hydrogen) atoms. The molecule has 0 amide bonds. The summed E-state index contributed by atoms with van der Waals surface area (Å²) in [5.74, 6) is 0.212. The Bertz CT molecular complexity index is 791. The van der Waals surface area contributed by atoms with E-state index in [1.807, 2.05) is 6.07 Å². The lowest BCUT2D eigenvalue weighted by Gasteiger charge is -2.08. The van der Waals surface area contributed by atoms with E-state index in [0.717, 1.165) is 12.1 Å². The first-order chi connectivity index (χ1) is 11.3. The molecule has 0 aliphatic carbocycles. The molecule has 0 saturated carbocycles. The summed E-state index contributed by atoms with van der Waals surface area (Å²) in [6.45, 7) is 2.11. The second-order valence-electron chi connectivity index (χ2n) is 4.76. The molecule has 0 fully saturated rings. The van der Waals surface area contributed by atoms with E-state index in [9.17, 15) is 23.5 Å². The minimum atomic E-state index is -4.48. The van der Waals surface area contributed by atoms with Gasteiger partial charge < -0.3 is 9.84 Å². The Balaban J connectivity index is 2.36. The van der Waals surface area contributed by atoms with Crippen LogP contribution in [-0.4, -0.2) is 16.7 Å². The highest BCUT2D eigenvalue weighted by Gasteiger charge is 2.30. The van der Waals surface area contributed by atoms with E-state index in [-0.39, 0.29) is 22.8 Å². The number of alkyl halides is 3. The fourth-order valence-electron chi connectivity index (χ4n) is 1.94. The molecule has 124 valence electrons. The summed E-state index contributed by atoms with van der Waals surface area (Å²) in [5.41, 5.74) is -0.116. The maximum absolute atomic E-state index is 12.5. The molecule has 7 heteroatoms. The third-order valence-electron chi connectivity index (χ3n) is 3.08. The van der Waals surface area contributed by atoms with Crippen molar-refractivity contribution >= 4 is 11.6 Å². The molecule has 0 saturated heterocycles. The van der Waals surface area contributed by atoms with Crippen molar-refractivity contribution in [3.8, 4) is 17.6 Å². The Kier molecular flexibility index (Phi) is 5.09. The standard InChI is InChI=1S/C17H13F3N2O2/c1-2-24-16-8-11(3-6-15(16)23)7-12(9-21)14-5-4-13(10-22-14)17(18,19)20/h3-8,10,23H,2H2,1H3/b12-7-. The summed E-state index contributed by atoms with van der Waals surface area (Å²) in [6, 6.07) is 8.41. The molecule has 0 aliphatic heterocycles. The highest BCUT2D eigenvalue weighted by Crippen LogP contribution is 2.30. The van der Waals surface area contributed by atoms with Crippen LogP contribution in [-0.2, 0) is 6.18 Å². The number of aromatic nitrogens is 1. The topological polar surface area (TPSA) is 66.1 Å². The number of hydrogen-bond acceptors (Lipinski definition) is 4. The molecular weight excluding hydrogens is 321 g/mol. The zero-order chi connectivity index (χ0) is 17.7. The van der Waals surface area contributed by atoms with Gasteiger partial charge in [-0.2, -0.15) is 18.4 Å². The monoisotopic (exact) mass is 334 g/mol. The molecule has 0 spiro atoms. The van der Waals surface area contributed by atoms with Crippen molar-refractivity contribution in [1.82, 2.24) is 4.98 Å². The predicted octanol–water partition coefficient (Wildman–Crippen LogP) is 4.27. The average Bonchev–Trinajstić information content (AvgIpc) is 2.55. The molecule has 0 bridgehead atoms. The number of phenols is 1. The van der Waals surface area contributed by atoms with Crippen LogP contribution < -0.4 is 4.74 Å². The highest BCUT2D eigenvalue weighted by atomic mass is 19.4. The number of allylic oxidation sites excluding steroid dienone is 1. The number of pyridine rings is 1. The fourth-order valence-corrected chi connectivity index (χ4v) is 1.94. The molecular formula is C17H13F3N2O2. The lowest BCUT2D eigenvalue weighted by molar-refractivity contribution is -0.137. The SMILES string of the molecule is CCOc1cc(/C=C(/C#N)c2ccc(C(F)(F)F)cn2)ccc1O. The molecule has 0 aliphatic rings. The summed E-state index contributed by atoms with van der Waals surface area (Å²) in [4.78, 5) is 3.70. The third-order valence-corrected chi connectivity index (χ3v) is 3.08. The molecule has 1 aromatic carbocycles. The molecule has 2 rings (SSSR count). The Labute approximate surface area is 136 Å². The second kappa shape index (κ2) is 7.04. The van der Waals surface area contributed by atoms with Gasteiger partial charge in [-0.25, -0.2) is 0 Å². The van der Waals surface area contributed by atoms with Crippen molar-refractivity contribution in [2.45, 2.75) is 13.1 Å². The van der Waals surface area contributed by atoms with Crippen molar-refractivity contribution in [3.05, 3.63) is 53.3 Å². The number of ether oxygens (including phenoxy) is 1. The van der Waals surface area contributed by atoms with Gasteiger partial charge in [0.15, 0.2) is 11.5 Å². The van der Waals surface area contributed by atoms with Crippen LogP contribution in [0.25, 0.3) is 11.6 Å². The van der Waals surface area contributed by atoms with Gasteiger partial charge in [0.1, 0.15) is 6.07 Å². The van der Waals surface area contributed by atoms with Gasteiger partial charge in [0.05, 0.1) is 23.4 Å². The van der Waals surface area contributed by atoms with Crippen LogP contribution in [0, 0.1) is 11.3 Å². The summed E-state index contributed by atoms with van der Waals surface area (Å²) < 4.78 is 42.9. The van der Waals surface area contributed by atoms with Gasteiger partial charge in [0.25, 0.3) is 0 Å². The number of benzene rings is 1. The van der Waals surface area contributed by atoms with Crippen molar-refractivity contribution in [3.63, 3.8) is 0 Å². The van der Waals surface area contributed by atoms with Crippen LogP contribution in [0.5, 0.6) is 11.5 Å². The maximum Gasteiger partial charge on any atom is 0.417 e. The Morgan fingerprint density at radius 3 is 2.62 bits per heavy atom. The van der Waals surface area contributed by atoms with E-state index >= 15 is 0 Å². The minimum Gasteiger partial charge on any atom is -0.504 e. The molecule has 1 N–H and O–H groups in total. The predicted molar refractivity (Wildman–Crippen MR) is 82.0 cm³/mol. The quantitative estimate of drug-likeness (QED) is 0.848. The van der Waals surface area contributed by atoms with Gasteiger partial charge in [-0.05, 0) is 42.8 Å². The summed E-state index contributed by atoms with van der Waals surface area (Å²) in [5, 5.41) is 18.9. The maximum atomic E-state index is 12.5. The normalized spacial score (nSPS) is 11.9. The number of halogens is 3. The van der Waals surface area contributed by atoms with Gasteiger partial charge in [0.2, 0.25) is 0 Å². The first-order valence-electron chi connectivity index (χ1n) is 6.96. The zero-order valence-electron chi connectivity index (χ0n) is 12.6. The highest BCUT2D eigenvalue weighted by molar-refractivity contribution is 5.88. The summed E-state index contributed by atoms with van der Waals surface area (Å²) in [7, 11) is 0. The number of nitrogens with zero attached hydrogens (tertiary/aromatic N) is 2.